The number of hydrogen-bond acceptors (Lipinski definition) is 6. The van der Waals surface area contributed by atoms with Crippen molar-refractivity contribution in [1.82, 2.24) is 29.3 Å². The lowest BCUT2D eigenvalue weighted by molar-refractivity contribution is 0.102. The van der Waals surface area contributed by atoms with E-state index in [-0.39, 0.29) is 5.91 Å². The van der Waals surface area contributed by atoms with Gasteiger partial charge in [-0.1, -0.05) is 0 Å². The molecule has 9 nitrogen and oxygen atoms in total. The van der Waals surface area contributed by atoms with Gasteiger partial charge in [0.1, 0.15) is 5.82 Å². The molecule has 1 saturated carbocycles. The third kappa shape index (κ3) is 3.61. The van der Waals surface area contributed by atoms with Crippen LogP contribution in [-0.4, -0.2) is 41.8 Å². The van der Waals surface area contributed by atoms with Crippen molar-refractivity contribution in [2.24, 2.45) is 20.0 Å². The summed E-state index contributed by atoms with van der Waals surface area (Å²) in [6, 6.07) is 5.80. The van der Waals surface area contributed by atoms with E-state index in [0.29, 0.717) is 17.3 Å². The second kappa shape index (κ2) is 7.25. The molecule has 1 fully saturated rings. The van der Waals surface area contributed by atoms with Crippen LogP contribution in [0.4, 0.5) is 11.8 Å². The Labute approximate surface area is 173 Å². The number of fused-ring (bicyclic) bond motifs is 1. The van der Waals surface area contributed by atoms with Crippen LogP contribution in [0.25, 0.3) is 22.3 Å². The van der Waals surface area contributed by atoms with Crippen molar-refractivity contribution in [2.45, 2.75) is 12.8 Å². The van der Waals surface area contributed by atoms with Crippen LogP contribution in [0.1, 0.15) is 23.2 Å². The van der Waals surface area contributed by atoms with Crippen LogP contribution in [-0.2, 0) is 14.1 Å². The number of carbonyl (C=O) groups is 1. The number of nitrogens with zero attached hydrogens (tertiary/aromatic N) is 6. The van der Waals surface area contributed by atoms with Crippen LogP contribution in [0.5, 0.6) is 0 Å². The highest BCUT2D eigenvalue weighted by Gasteiger charge is 2.21. The van der Waals surface area contributed by atoms with E-state index in [1.807, 2.05) is 29.8 Å². The Morgan fingerprint density at radius 1 is 1.20 bits per heavy atom. The van der Waals surface area contributed by atoms with Gasteiger partial charge in [-0.05, 0) is 30.9 Å². The monoisotopic (exact) mass is 402 g/mol. The summed E-state index contributed by atoms with van der Waals surface area (Å²) in [5.41, 5.74) is 3.23. The summed E-state index contributed by atoms with van der Waals surface area (Å²) in [6.45, 7) is 0.919. The average Bonchev–Trinajstić information content (AvgIpc) is 3.39. The lowest BCUT2D eigenvalue weighted by Gasteiger charge is -2.07. The lowest BCUT2D eigenvalue weighted by atomic mass is 10.2. The summed E-state index contributed by atoms with van der Waals surface area (Å²) in [7, 11) is 3.75. The predicted octanol–water partition coefficient (Wildman–Crippen LogP) is 2.84. The number of aromatic nitrogens is 6. The third-order valence-corrected chi connectivity index (χ3v) is 5.30. The Kier molecular flexibility index (Phi) is 4.42. The van der Waals surface area contributed by atoms with Gasteiger partial charge in [-0.15, -0.1) is 0 Å². The molecule has 0 atom stereocenters. The minimum absolute atomic E-state index is 0.244. The van der Waals surface area contributed by atoms with Gasteiger partial charge in [-0.3, -0.25) is 9.48 Å². The van der Waals surface area contributed by atoms with Crippen LogP contribution >= 0.6 is 0 Å². The van der Waals surface area contributed by atoms with E-state index in [1.165, 1.54) is 19.0 Å². The highest BCUT2D eigenvalue weighted by Crippen LogP contribution is 2.29. The van der Waals surface area contributed by atoms with Gasteiger partial charge < -0.3 is 15.2 Å². The average molecular weight is 402 g/mol. The summed E-state index contributed by atoms with van der Waals surface area (Å²) in [4.78, 5) is 25.8. The number of anilines is 2. The molecule has 4 heterocycles. The summed E-state index contributed by atoms with van der Waals surface area (Å²) >= 11 is 0. The molecule has 0 aromatic carbocycles. The van der Waals surface area contributed by atoms with Crippen molar-refractivity contribution >= 4 is 28.6 Å². The zero-order valence-corrected chi connectivity index (χ0v) is 16.8. The molecule has 2 N–H and O–H groups in total. The number of hydrogen-bond donors (Lipinski definition) is 2. The van der Waals surface area contributed by atoms with Gasteiger partial charge in [0.2, 0.25) is 5.95 Å². The van der Waals surface area contributed by atoms with Crippen LogP contribution in [0.3, 0.4) is 0 Å². The van der Waals surface area contributed by atoms with E-state index in [9.17, 15) is 4.79 Å². The fourth-order valence-electron chi connectivity index (χ4n) is 3.42. The maximum Gasteiger partial charge on any atom is 0.260 e. The molecule has 4 aromatic heterocycles. The van der Waals surface area contributed by atoms with Gasteiger partial charge in [-0.25, -0.2) is 15.0 Å². The topological polar surface area (TPSA) is 103 Å². The molecule has 0 saturated heterocycles. The first-order valence-electron chi connectivity index (χ1n) is 9.89. The SMILES string of the molecule is Cn1cc(C(=O)Nc2cc3c(cn2)cc(-c2ccnc(NCC4CC4)n2)n3C)cn1. The highest BCUT2D eigenvalue weighted by molar-refractivity contribution is 6.04. The molecular formula is C21H22N8O. The van der Waals surface area contributed by atoms with Crippen molar-refractivity contribution in [2.75, 3.05) is 17.2 Å². The predicted molar refractivity (Wildman–Crippen MR) is 114 cm³/mol. The van der Waals surface area contributed by atoms with E-state index in [0.717, 1.165) is 34.8 Å². The Hall–Kier alpha value is -3.75. The Morgan fingerprint density at radius 2 is 2.07 bits per heavy atom. The molecule has 0 radical (unpaired) electrons. The van der Waals surface area contributed by atoms with Gasteiger partial charge in [0.05, 0.1) is 28.7 Å². The fourth-order valence-corrected chi connectivity index (χ4v) is 3.42. The maximum absolute atomic E-state index is 12.4. The standard InChI is InChI=1S/C21H22N8O/c1-28-12-15(11-25-28)20(30)27-19-8-17-14(10-23-19)7-18(29(17)2)16-5-6-22-21(26-16)24-9-13-3-4-13/h5-8,10-13H,3-4,9H2,1-2H3,(H,22,24,26)(H,23,27,30). The van der Waals surface area contributed by atoms with Crippen molar-refractivity contribution < 1.29 is 4.79 Å². The number of nitrogens with one attached hydrogen (secondary N) is 2. The first-order chi connectivity index (χ1) is 14.6. The Morgan fingerprint density at radius 3 is 2.83 bits per heavy atom. The summed E-state index contributed by atoms with van der Waals surface area (Å²) in [5.74, 6) is 1.64. The maximum atomic E-state index is 12.4. The normalized spacial score (nSPS) is 13.5. The molecule has 0 spiro atoms. The second-order valence-corrected chi connectivity index (χ2v) is 7.66. The quantitative estimate of drug-likeness (QED) is 0.514. The Balaban J connectivity index is 1.41. The fraction of sp³-hybridized carbons (Fsp3) is 0.286. The molecule has 0 bridgehead atoms. The smallest absolute Gasteiger partial charge is 0.260 e. The molecule has 152 valence electrons. The molecule has 5 rings (SSSR count). The molecule has 9 heteroatoms. The summed E-state index contributed by atoms with van der Waals surface area (Å²) < 4.78 is 3.63. The van der Waals surface area contributed by atoms with Crippen LogP contribution in [0.2, 0.25) is 0 Å². The minimum Gasteiger partial charge on any atom is -0.354 e. The zero-order valence-electron chi connectivity index (χ0n) is 16.8. The van der Waals surface area contributed by atoms with E-state index in [2.05, 4.69) is 30.7 Å². The van der Waals surface area contributed by atoms with Crippen LogP contribution in [0, 0.1) is 5.92 Å². The molecule has 4 aromatic rings. The van der Waals surface area contributed by atoms with E-state index < -0.39 is 0 Å². The van der Waals surface area contributed by atoms with Crippen molar-refractivity contribution in [1.29, 1.82) is 0 Å². The van der Waals surface area contributed by atoms with Gasteiger partial charge >= 0.3 is 0 Å². The molecule has 1 amide bonds. The number of carbonyl (C=O) groups excluding carboxylic acids is 1. The molecular weight excluding hydrogens is 380 g/mol. The van der Waals surface area contributed by atoms with Gasteiger partial charge in [0, 0.05) is 50.7 Å². The van der Waals surface area contributed by atoms with Crippen molar-refractivity contribution in [3.05, 3.63) is 48.5 Å². The van der Waals surface area contributed by atoms with Crippen molar-refractivity contribution in [3.8, 4) is 11.4 Å². The molecule has 0 unspecified atom stereocenters. The van der Waals surface area contributed by atoms with Crippen LogP contribution < -0.4 is 10.6 Å². The number of rotatable bonds is 6. The summed E-state index contributed by atoms with van der Waals surface area (Å²) in [6.07, 6.45) is 9.28. The number of pyridine rings is 1. The number of amides is 1. The molecule has 1 aliphatic carbocycles. The van der Waals surface area contributed by atoms with Gasteiger partial charge in [0.25, 0.3) is 5.91 Å². The molecule has 0 aliphatic heterocycles. The minimum atomic E-state index is -0.244. The number of aryl methyl sites for hydroxylation is 2. The van der Waals surface area contributed by atoms with Crippen LogP contribution in [0.15, 0.2) is 43.0 Å². The van der Waals surface area contributed by atoms with E-state index in [1.54, 1.807) is 30.3 Å². The van der Waals surface area contributed by atoms with Gasteiger partial charge in [-0.2, -0.15) is 5.10 Å². The lowest BCUT2D eigenvalue weighted by Crippen LogP contribution is -2.12. The third-order valence-electron chi connectivity index (χ3n) is 5.30. The van der Waals surface area contributed by atoms with Gasteiger partial charge in [0.15, 0.2) is 0 Å². The first kappa shape index (κ1) is 18.3. The molecule has 1 aliphatic rings. The zero-order chi connectivity index (χ0) is 20.7. The van der Waals surface area contributed by atoms with E-state index in [4.69, 9.17) is 0 Å². The Bertz CT molecular complexity index is 1240. The largest absolute Gasteiger partial charge is 0.354 e. The van der Waals surface area contributed by atoms with Crippen molar-refractivity contribution in [3.63, 3.8) is 0 Å². The van der Waals surface area contributed by atoms with E-state index >= 15 is 0 Å². The summed E-state index contributed by atoms with van der Waals surface area (Å²) in [5, 5.41) is 11.1. The highest BCUT2D eigenvalue weighted by atomic mass is 16.1. The molecule has 30 heavy (non-hydrogen) atoms. The second-order valence-electron chi connectivity index (χ2n) is 7.66. The first-order valence-corrected chi connectivity index (χ1v) is 9.89.